The van der Waals surface area contributed by atoms with Crippen LogP contribution in [-0.2, 0) is 20.7 Å². The molecule has 0 N–H and O–H groups in total. The van der Waals surface area contributed by atoms with Crippen molar-refractivity contribution >= 4 is 17.5 Å². The smallest absolute Gasteiger partial charge is 0.345 e. The molecule has 0 radical (unpaired) electrons. The third-order valence-electron chi connectivity index (χ3n) is 4.18. The first kappa shape index (κ1) is 15.5. The third kappa shape index (κ3) is 2.78. The lowest BCUT2D eigenvalue weighted by Gasteiger charge is -2.18. The standard InChI is InChI=1S/C16H18FN3O3/c1-11-4-3-6-19-9-12(18-14(11)19)8-13(21)20-7-5-16(17,10-20)15(22)23-2/h3-4,6,9H,5,7-8,10H2,1-2H3. The third-order valence-corrected chi connectivity index (χ3v) is 4.18. The number of ether oxygens (including phenoxy) is 1. The largest absolute Gasteiger partial charge is 0.467 e. The Morgan fingerprint density at radius 3 is 2.96 bits per heavy atom. The molecule has 0 bridgehead atoms. The Kier molecular flexibility index (Phi) is 3.79. The zero-order chi connectivity index (χ0) is 16.6. The number of carbonyl (C=O) groups is 2. The quantitative estimate of drug-likeness (QED) is 0.800. The van der Waals surface area contributed by atoms with E-state index in [0.717, 1.165) is 18.3 Å². The molecule has 1 aliphatic heterocycles. The van der Waals surface area contributed by atoms with Crippen LogP contribution in [0.25, 0.3) is 5.65 Å². The van der Waals surface area contributed by atoms with E-state index in [1.807, 2.05) is 29.7 Å². The molecule has 1 atom stereocenters. The highest BCUT2D eigenvalue weighted by atomic mass is 19.1. The number of likely N-dealkylation sites (tertiary alicyclic amines) is 1. The van der Waals surface area contributed by atoms with Gasteiger partial charge in [0.05, 0.1) is 25.8 Å². The first-order valence-electron chi connectivity index (χ1n) is 7.41. The Bertz CT molecular complexity index is 773. The average molecular weight is 319 g/mol. The molecule has 3 heterocycles. The molecule has 122 valence electrons. The van der Waals surface area contributed by atoms with E-state index in [4.69, 9.17) is 0 Å². The molecule has 2 aromatic rings. The molecule has 1 aliphatic rings. The van der Waals surface area contributed by atoms with Crippen molar-refractivity contribution in [2.75, 3.05) is 20.2 Å². The van der Waals surface area contributed by atoms with Gasteiger partial charge in [0.1, 0.15) is 5.65 Å². The van der Waals surface area contributed by atoms with Gasteiger partial charge in [-0.05, 0) is 18.6 Å². The van der Waals surface area contributed by atoms with E-state index in [2.05, 4.69) is 9.72 Å². The van der Waals surface area contributed by atoms with Gasteiger partial charge in [0, 0.05) is 25.4 Å². The van der Waals surface area contributed by atoms with Gasteiger partial charge < -0.3 is 14.0 Å². The molecule has 0 saturated carbocycles. The lowest BCUT2D eigenvalue weighted by Crippen LogP contribution is -2.40. The van der Waals surface area contributed by atoms with Crippen LogP contribution in [0.15, 0.2) is 24.5 Å². The van der Waals surface area contributed by atoms with Crippen LogP contribution in [0.4, 0.5) is 4.39 Å². The second-order valence-corrected chi connectivity index (χ2v) is 5.85. The highest BCUT2D eigenvalue weighted by Crippen LogP contribution is 2.27. The molecular weight excluding hydrogens is 301 g/mol. The number of amides is 1. The minimum Gasteiger partial charge on any atom is -0.467 e. The Hall–Kier alpha value is -2.44. The highest BCUT2D eigenvalue weighted by Gasteiger charge is 2.47. The first-order valence-corrected chi connectivity index (χ1v) is 7.41. The number of alkyl halides is 1. The van der Waals surface area contributed by atoms with Crippen LogP contribution in [0.1, 0.15) is 17.7 Å². The fourth-order valence-corrected chi connectivity index (χ4v) is 2.89. The van der Waals surface area contributed by atoms with Crippen molar-refractivity contribution in [1.82, 2.24) is 14.3 Å². The number of pyridine rings is 1. The van der Waals surface area contributed by atoms with Crippen LogP contribution in [-0.4, -0.2) is 52.0 Å². The number of rotatable bonds is 3. The number of aryl methyl sites for hydroxylation is 1. The number of aromatic nitrogens is 2. The maximum absolute atomic E-state index is 14.4. The Labute approximate surface area is 132 Å². The summed E-state index contributed by atoms with van der Waals surface area (Å²) in [5.41, 5.74) is 0.339. The molecule has 1 unspecified atom stereocenters. The molecule has 0 spiro atoms. The molecule has 0 aromatic carbocycles. The number of halogens is 1. The second kappa shape index (κ2) is 5.64. The highest BCUT2D eigenvalue weighted by molar-refractivity contribution is 5.84. The van der Waals surface area contributed by atoms with E-state index in [1.165, 1.54) is 4.90 Å². The molecule has 0 aliphatic carbocycles. The van der Waals surface area contributed by atoms with Crippen molar-refractivity contribution in [2.24, 2.45) is 0 Å². The van der Waals surface area contributed by atoms with Crippen LogP contribution < -0.4 is 0 Å². The number of carbonyl (C=O) groups excluding carboxylic acids is 2. The number of fused-ring (bicyclic) bond motifs is 1. The number of hydrogen-bond donors (Lipinski definition) is 0. The zero-order valence-electron chi connectivity index (χ0n) is 13.1. The predicted octanol–water partition coefficient (Wildman–Crippen LogP) is 1.30. The Morgan fingerprint density at radius 2 is 2.26 bits per heavy atom. The molecular formula is C16H18FN3O3. The minimum atomic E-state index is -2.10. The van der Waals surface area contributed by atoms with Gasteiger partial charge in [0.2, 0.25) is 11.6 Å². The predicted molar refractivity (Wildman–Crippen MR) is 80.7 cm³/mol. The van der Waals surface area contributed by atoms with Crippen LogP contribution in [0.3, 0.4) is 0 Å². The van der Waals surface area contributed by atoms with Gasteiger partial charge in [-0.2, -0.15) is 0 Å². The van der Waals surface area contributed by atoms with E-state index in [0.29, 0.717) is 5.69 Å². The van der Waals surface area contributed by atoms with Crippen LogP contribution in [0.5, 0.6) is 0 Å². The van der Waals surface area contributed by atoms with Crippen LogP contribution in [0, 0.1) is 6.92 Å². The summed E-state index contributed by atoms with van der Waals surface area (Å²) in [6.45, 7) is 1.89. The summed E-state index contributed by atoms with van der Waals surface area (Å²) in [6.07, 6.45) is 3.70. The summed E-state index contributed by atoms with van der Waals surface area (Å²) in [6, 6.07) is 3.85. The average Bonchev–Trinajstić information content (AvgIpc) is 3.11. The summed E-state index contributed by atoms with van der Waals surface area (Å²) < 4.78 is 20.7. The molecule has 3 rings (SSSR count). The summed E-state index contributed by atoms with van der Waals surface area (Å²) >= 11 is 0. The fourth-order valence-electron chi connectivity index (χ4n) is 2.89. The topological polar surface area (TPSA) is 63.9 Å². The molecule has 1 saturated heterocycles. The maximum atomic E-state index is 14.4. The van der Waals surface area contributed by atoms with Crippen molar-refractivity contribution in [3.8, 4) is 0 Å². The number of imidazole rings is 1. The normalized spacial score (nSPS) is 20.9. The molecule has 7 heteroatoms. The van der Waals surface area contributed by atoms with E-state index >= 15 is 0 Å². The summed E-state index contributed by atoms with van der Waals surface area (Å²) in [7, 11) is 1.15. The minimum absolute atomic E-state index is 0.0321. The first-order chi connectivity index (χ1) is 10.9. The number of hydrogen-bond acceptors (Lipinski definition) is 4. The van der Waals surface area contributed by atoms with Crippen molar-refractivity contribution in [1.29, 1.82) is 0 Å². The fraction of sp³-hybridized carbons (Fsp3) is 0.438. The number of nitrogens with zero attached hydrogens (tertiary/aromatic N) is 3. The molecule has 6 nitrogen and oxygen atoms in total. The summed E-state index contributed by atoms with van der Waals surface area (Å²) in [5.74, 6) is -1.16. The summed E-state index contributed by atoms with van der Waals surface area (Å²) in [4.78, 5) is 29.6. The Morgan fingerprint density at radius 1 is 1.48 bits per heavy atom. The molecule has 1 fully saturated rings. The molecule has 1 amide bonds. The van der Waals surface area contributed by atoms with E-state index in [1.54, 1.807) is 6.20 Å². The SMILES string of the molecule is COC(=O)C1(F)CCN(C(=O)Cc2cn3cccc(C)c3n2)C1. The summed E-state index contributed by atoms with van der Waals surface area (Å²) in [5, 5.41) is 0. The van der Waals surface area contributed by atoms with Crippen LogP contribution in [0.2, 0.25) is 0 Å². The van der Waals surface area contributed by atoms with E-state index in [9.17, 15) is 14.0 Å². The van der Waals surface area contributed by atoms with Gasteiger partial charge in [-0.1, -0.05) is 6.07 Å². The van der Waals surface area contributed by atoms with Gasteiger partial charge in [0.25, 0.3) is 0 Å². The monoisotopic (exact) mass is 319 g/mol. The van der Waals surface area contributed by atoms with Gasteiger partial charge in [0.15, 0.2) is 0 Å². The Balaban J connectivity index is 1.72. The lowest BCUT2D eigenvalue weighted by atomic mass is 10.1. The lowest BCUT2D eigenvalue weighted by molar-refractivity contribution is -0.154. The van der Waals surface area contributed by atoms with Gasteiger partial charge in [-0.15, -0.1) is 0 Å². The number of esters is 1. The van der Waals surface area contributed by atoms with Crippen molar-refractivity contribution in [2.45, 2.75) is 25.4 Å². The zero-order valence-corrected chi connectivity index (χ0v) is 13.1. The van der Waals surface area contributed by atoms with E-state index < -0.39 is 11.6 Å². The van der Waals surface area contributed by atoms with Crippen molar-refractivity contribution < 1.29 is 18.7 Å². The molecule has 23 heavy (non-hydrogen) atoms. The molecule has 2 aromatic heterocycles. The second-order valence-electron chi connectivity index (χ2n) is 5.85. The van der Waals surface area contributed by atoms with Gasteiger partial charge >= 0.3 is 5.97 Å². The van der Waals surface area contributed by atoms with E-state index in [-0.39, 0.29) is 31.8 Å². The van der Waals surface area contributed by atoms with Crippen molar-refractivity contribution in [3.63, 3.8) is 0 Å². The maximum Gasteiger partial charge on any atom is 0.345 e. The van der Waals surface area contributed by atoms with Crippen LogP contribution >= 0.6 is 0 Å². The van der Waals surface area contributed by atoms with Gasteiger partial charge in [-0.3, -0.25) is 4.79 Å². The van der Waals surface area contributed by atoms with Gasteiger partial charge in [-0.25, -0.2) is 14.2 Å². The number of methoxy groups -OCH3 is 1. The van der Waals surface area contributed by atoms with Crippen molar-refractivity contribution in [3.05, 3.63) is 35.8 Å².